The summed E-state index contributed by atoms with van der Waals surface area (Å²) in [6, 6.07) is 16.6. The summed E-state index contributed by atoms with van der Waals surface area (Å²) < 4.78 is 53.9. The molecule has 206 valence electrons. The Bertz CT molecular complexity index is 1310. The molecule has 0 spiro atoms. The highest BCUT2D eigenvalue weighted by Crippen LogP contribution is 2.38. The van der Waals surface area contributed by atoms with E-state index in [1.165, 1.54) is 48.5 Å². The fraction of sp³-hybridized carbons (Fsp3) is 0.345. The van der Waals surface area contributed by atoms with E-state index in [0.29, 0.717) is 37.3 Å². The van der Waals surface area contributed by atoms with E-state index in [4.69, 9.17) is 0 Å². The molecule has 0 aromatic heterocycles. The number of rotatable bonds is 8. The molecule has 4 rings (SSSR count). The number of non-ortho nitro benzene ring substituents is 1. The fourth-order valence-electron chi connectivity index (χ4n) is 5.12. The lowest BCUT2D eigenvalue weighted by Crippen LogP contribution is -2.42. The van der Waals surface area contributed by atoms with Gasteiger partial charge in [0.2, 0.25) is 0 Å². The summed E-state index contributed by atoms with van der Waals surface area (Å²) >= 11 is 0. The van der Waals surface area contributed by atoms with Crippen LogP contribution in [0.5, 0.6) is 0 Å². The number of alkyl halides is 3. The van der Waals surface area contributed by atoms with Gasteiger partial charge in [0, 0.05) is 55.8 Å². The van der Waals surface area contributed by atoms with Crippen LogP contribution in [0.2, 0.25) is 0 Å². The minimum absolute atomic E-state index is 0.0215. The number of hydrogen-bond donors (Lipinski definition) is 0. The molecule has 3 aromatic carbocycles. The van der Waals surface area contributed by atoms with Gasteiger partial charge < -0.3 is 4.90 Å². The predicted molar refractivity (Wildman–Crippen MR) is 139 cm³/mol. The van der Waals surface area contributed by atoms with Crippen molar-refractivity contribution < 1.29 is 27.3 Å². The van der Waals surface area contributed by atoms with Crippen LogP contribution >= 0.6 is 0 Å². The van der Waals surface area contributed by atoms with Crippen LogP contribution in [0.15, 0.2) is 72.8 Å². The van der Waals surface area contributed by atoms with Gasteiger partial charge in [-0.05, 0) is 61.2 Å². The van der Waals surface area contributed by atoms with Crippen LogP contribution in [-0.4, -0.2) is 46.3 Å². The standard InChI is InChI=1S/C29H29F4N3O3/c1-19(2)35(28(37)21-8-10-25(30)11-9-21)17-23-16-34(15-20-6-12-26(13-7-20)36(38)39)18-27(23)22-4-3-5-24(14-22)29(31,32)33/h3-14,19,23,27H,15-18H2,1-2H3/t23-,27-/m0/s1. The maximum atomic E-state index is 13.5. The maximum absolute atomic E-state index is 13.5. The van der Waals surface area contributed by atoms with Gasteiger partial charge in [-0.3, -0.25) is 19.8 Å². The SMILES string of the molecule is CC(C)N(C[C@@H]1CN(Cc2ccc([N+](=O)[O-])cc2)C[C@H]1c1cccc(C(F)(F)F)c1)C(=O)c1ccc(F)cc1. The van der Waals surface area contributed by atoms with Crippen LogP contribution in [-0.2, 0) is 12.7 Å². The molecule has 10 heteroatoms. The molecule has 6 nitrogen and oxygen atoms in total. The van der Waals surface area contributed by atoms with Crippen molar-refractivity contribution in [2.75, 3.05) is 19.6 Å². The Hall–Kier alpha value is -3.79. The Labute approximate surface area is 224 Å². The molecule has 39 heavy (non-hydrogen) atoms. The molecular weight excluding hydrogens is 514 g/mol. The molecule has 0 bridgehead atoms. The number of nitro groups is 1. The lowest BCUT2D eigenvalue weighted by molar-refractivity contribution is -0.384. The summed E-state index contributed by atoms with van der Waals surface area (Å²) in [7, 11) is 0. The topological polar surface area (TPSA) is 66.7 Å². The Morgan fingerprint density at radius 3 is 2.31 bits per heavy atom. The average molecular weight is 544 g/mol. The van der Waals surface area contributed by atoms with Gasteiger partial charge in [0.25, 0.3) is 11.6 Å². The highest BCUT2D eigenvalue weighted by Gasteiger charge is 2.38. The van der Waals surface area contributed by atoms with Crippen molar-refractivity contribution in [3.63, 3.8) is 0 Å². The van der Waals surface area contributed by atoms with E-state index in [1.807, 2.05) is 13.8 Å². The van der Waals surface area contributed by atoms with Gasteiger partial charge in [0.1, 0.15) is 5.82 Å². The number of halogens is 4. The van der Waals surface area contributed by atoms with Gasteiger partial charge in [-0.1, -0.05) is 30.3 Å². The van der Waals surface area contributed by atoms with Crippen LogP contribution in [0.1, 0.15) is 46.8 Å². The van der Waals surface area contributed by atoms with Gasteiger partial charge in [-0.15, -0.1) is 0 Å². The largest absolute Gasteiger partial charge is 0.416 e. The first-order chi connectivity index (χ1) is 18.4. The lowest BCUT2D eigenvalue weighted by atomic mass is 9.87. The number of nitrogens with zero attached hydrogens (tertiary/aromatic N) is 3. The molecule has 1 aliphatic heterocycles. The van der Waals surface area contributed by atoms with Crippen molar-refractivity contribution in [1.82, 2.24) is 9.80 Å². The van der Waals surface area contributed by atoms with Gasteiger partial charge in [-0.2, -0.15) is 13.2 Å². The second-order valence-corrected chi connectivity index (χ2v) is 10.2. The summed E-state index contributed by atoms with van der Waals surface area (Å²) in [6.07, 6.45) is -4.48. The van der Waals surface area contributed by atoms with Gasteiger partial charge >= 0.3 is 6.18 Å². The van der Waals surface area contributed by atoms with Crippen molar-refractivity contribution in [3.8, 4) is 0 Å². The zero-order chi connectivity index (χ0) is 28.3. The van der Waals surface area contributed by atoms with E-state index < -0.39 is 22.5 Å². The first-order valence-corrected chi connectivity index (χ1v) is 12.6. The van der Waals surface area contributed by atoms with Gasteiger partial charge in [-0.25, -0.2) is 4.39 Å². The molecule has 1 amide bonds. The molecule has 0 aliphatic carbocycles. The number of likely N-dealkylation sites (tertiary alicyclic amines) is 1. The fourth-order valence-corrected chi connectivity index (χ4v) is 5.12. The molecule has 0 N–H and O–H groups in total. The van der Waals surface area contributed by atoms with Crippen LogP contribution in [0.25, 0.3) is 0 Å². The number of hydrogen-bond acceptors (Lipinski definition) is 4. The van der Waals surface area contributed by atoms with Crippen LogP contribution < -0.4 is 0 Å². The molecule has 1 fully saturated rings. The smallest absolute Gasteiger partial charge is 0.336 e. The van der Waals surface area contributed by atoms with E-state index in [9.17, 15) is 32.5 Å². The summed E-state index contributed by atoms with van der Waals surface area (Å²) in [4.78, 5) is 27.6. The molecule has 0 saturated carbocycles. The Kier molecular flexibility index (Phi) is 8.34. The molecule has 1 heterocycles. The highest BCUT2D eigenvalue weighted by atomic mass is 19.4. The van der Waals surface area contributed by atoms with Gasteiger partial charge in [0.05, 0.1) is 10.5 Å². The zero-order valence-corrected chi connectivity index (χ0v) is 21.6. The van der Waals surface area contributed by atoms with E-state index in [0.717, 1.165) is 11.6 Å². The second-order valence-electron chi connectivity index (χ2n) is 10.2. The number of carbonyl (C=O) groups excluding carboxylic acids is 1. The quantitative estimate of drug-likeness (QED) is 0.184. The van der Waals surface area contributed by atoms with Crippen molar-refractivity contribution in [2.45, 2.75) is 38.5 Å². The van der Waals surface area contributed by atoms with E-state index in [2.05, 4.69) is 4.90 Å². The molecular formula is C29H29F4N3O3. The first kappa shape index (κ1) is 28.2. The van der Waals surface area contributed by atoms with Crippen molar-refractivity contribution in [3.05, 3.63) is 111 Å². The molecule has 2 atom stereocenters. The van der Waals surface area contributed by atoms with Crippen molar-refractivity contribution in [1.29, 1.82) is 0 Å². The predicted octanol–water partition coefficient (Wildman–Crippen LogP) is 6.52. The monoisotopic (exact) mass is 543 g/mol. The maximum Gasteiger partial charge on any atom is 0.416 e. The molecule has 0 unspecified atom stereocenters. The van der Waals surface area contributed by atoms with Crippen LogP contribution in [0, 0.1) is 21.8 Å². The summed E-state index contributed by atoms with van der Waals surface area (Å²) in [5, 5.41) is 11.0. The minimum atomic E-state index is -4.48. The lowest BCUT2D eigenvalue weighted by Gasteiger charge is -2.32. The Balaban J connectivity index is 1.61. The minimum Gasteiger partial charge on any atom is -0.336 e. The van der Waals surface area contributed by atoms with Crippen LogP contribution in [0.4, 0.5) is 23.2 Å². The number of benzene rings is 3. The number of nitro benzene ring substituents is 1. The van der Waals surface area contributed by atoms with E-state index in [1.54, 1.807) is 23.1 Å². The van der Waals surface area contributed by atoms with Crippen molar-refractivity contribution >= 4 is 11.6 Å². The molecule has 3 aromatic rings. The Morgan fingerprint density at radius 1 is 1.05 bits per heavy atom. The normalized spacial score (nSPS) is 17.9. The third-order valence-corrected chi connectivity index (χ3v) is 7.12. The number of carbonyl (C=O) groups is 1. The third-order valence-electron chi connectivity index (χ3n) is 7.12. The highest BCUT2D eigenvalue weighted by molar-refractivity contribution is 5.94. The van der Waals surface area contributed by atoms with E-state index >= 15 is 0 Å². The van der Waals surface area contributed by atoms with E-state index in [-0.39, 0.29) is 29.5 Å². The first-order valence-electron chi connectivity index (χ1n) is 12.6. The van der Waals surface area contributed by atoms with Gasteiger partial charge in [0.15, 0.2) is 0 Å². The summed E-state index contributed by atoms with van der Waals surface area (Å²) in [5.41, 5.74) is 0.968. The summed E-state index contributed by atoms with van der Waals surface area (Å²) in [6.45, 7) is 5.45. The average Bonchev–Trinajstić information content (AvgIpc) is 3.29. The van der Waals surface area contributed by atoms with Crippen molar-refractivity contribution in [2.24, 2.45) is 5.92 Å². The molecule has 1 aliphatic rings. The molecule has 1 saturated heterocycles. The number of amides is 1. The summed E-state index contributed by atoms with van der Waals surface area (Å²) in [5.74, 6) is -1.20. The van der Waals surface area contributed by atoms with Crippen LogP contribution in [0.3, 0.4) is 0 Å². The molecule has 0 radical (unpaired) electrons. The third kappa shape index (κ3) is 6.81. The Morgan fingerprint density at radius 2 is 1.72 bits per heavy atom. The zero-order valence-electron chi connectivity index (χ0n) is 21.6. The second kappa shape index (κ2) is 11.5.